The number of carbonyl (C=O) groups excluding carboxylic acids is 1. The number of nitrogens with one attached hydrogen (secondary N) is 1. The fraction of sp³-hybridized carbons (Fsp3) is 0.462. The van der Waals surface area contributed by atoms with Crippen molar-refractivity contribution in [2.45, 2.75) is 39.7 Å². The van der Waals surface area contributed by atoms with Gasteiger partial charge in [-0.3, -0.25) is 4.79 Å². The number of hydrogen-bond donors (Lipinski definition) is 2. The molecule has 1 aromatic carbocycles. The van der Waals surface area contributed by atoms with Gasteiger partial charge >= 0.3 is 0 Å². The molecular weight excluding hydrogens is 200 g/mol. The zero-order chi connectivity index (χ0) is 12.1. The van der Waals surface area contributed by atoms with Crippen LogP contribution in [0.5, 0.6) is 0 Å². The molecular formula is C13H20N2O. The second kappa shape index (κ2) is 5.66. The largest absolute Gasteiger partial charge is 0.324 e. The van der Waals surface area contributed by atoms with Crippen LogP contribution in [0.3, 0.4) is 0 Å². The van der Waals surface area contributed by atoms with Gasteiger partial charge in [-0.25, -0.2) is 0 Å². The molecule has 0 spiro atoms. The predicted molar refractivity (Wildman–Crippen MR) is 67.4 cm³/mol. The van der Waals surface area contributed by atoms with E-state index in [1.165, 1.54) is 5.56 Å². The summed E-state index contributed by atoms with van der Waals surface area (Å²) in [5.41, 5.74) is 8.85. The minimum atomic E-state index is -0.411. The average Bonchev–Trinajstić information content (AvgIpc) is 2.22. The molecule has 1 atom stereocenters. The molecule has 1 rings (SSSR count). The maximum Gasteiger partial charge on any atom is 0.241 e. The minimum Gasteiger partial charge on any atom is -0.324 e. The number of rotatable bonds is 4. The number of anilines is 1. The van der Waals surface area contributed by atoms with E-state index in [9.17, 15) is 4.79 Å². The van der Waals surface area contributed by atoms with Gasteiger partial charge in [-0.1, -0.05) is 31.0 Å². The van der Waals surface area contributed by atoms with Gasteiger partial charge in [0.2, 0.25) is 5.91 Å². The molecule has 0 radical (unpaired) electrons. The lowest BCUT2D eigenvalue weighted by Crippen LogP contribution is -2.35. The van der Waals surface area contributed by atoms with Crippen LogP contribution in [-0.2, 0) is 4.79 Å². The third kappa shape index (κ3) is 3.35. The zero-order valence-electron chi connectivity index (χ0n) is 10.2. The Morgan fingerprint density at radius 1 is 1.44 bits per heavy atom. The summed E-state index contributed by atoms with van der Waals surface area (Å²) in [5, 5.41) is 2.86. The van der Waals surface area contributed by atoms with E-state index >= 15 is 0 Å². The van der Waals surface area contributed by atoms with Crippen LogP contribution in [-0.4, -0.2) is 11.9 Å². The van der Waals surface area contributed by atoms with Gasteiger partial charge in [0.05, 0.1) is 6.04 Å². The zero-order valence-corrected chi connectivity index (χ0v) is 10.2. The molecule has 0 fully saturated rings. The van der Waals surface area contributed by atoms with Crippen LogP contribution in [0.1, 0.15) is 30.9 Å². The van der Waals surface area contributed by atoms with Crippen LogP contribution in [0.2, 0.25) is 0 Å². The highest BCUT2D eigenvalue weighted by Gasteiger charge is 2.12. The Hall–Kier alpha value is -1.35. The Bertz CT molecular complexity index is 374. The highest BCUT2D eigenvalue weighted by atomic mass is 16.2. The third-order valence-electron chi connectivity index (χ3n) is 2.58. The van der Waals surface area contributed by atoms with Crippen molar-refractivity contribution in [1.29, 1.82) is 0 Å². The van der Waals surface area contributed by atoms with E-state index in [-0.39, 0.29) is 5.91 Å². The summed E-state index contributed by atoms with van der Waals surface area (Å²) in [7, 11) is 0. The van der Waals surface area contributed by atoms with E-state index in [4.69, 9.17) is 5.73 Å². The molecule has 0 bridgehead atoms. The lowest BCUT2D eigenvalue weighted by atomic mass is 10.1. The Kier molecular flexibility index (Phi) is 4.50. The molecule has 0 saturated heterocycles. The van der Waals surface area contributed by atoms with Gasteiger partial charge in [-0.15, -0.1) is 0 Å². The van der Waals surface area contributed by atoms with E-state index < -0.39 is 6.04 Å². The highest BCUT2D eigenvalue weighted by molar-refractivity contribution is 5.95. The Morgan fingerprint density at radius 3 is 2.69 bits per heavy atom. The molecule has 0 heterocycles. The van der Waals surface area contributed by atoms with Gasteiger partial charge in [-0.2, -0.15) is 0 Å². The smallest absolute Gasteiger partial charge is 0.241 e. The van der Waals surface area contributed by atoms with E-state index in [0.717, 1.165) is 24.1 Å². The van der Waals surface area contributed by atoms with Crippen LogP contribution in [0, 0.1) is 13.8 Å². The third-order valence-corrected chi connectivity index (χ3v) is 2.58. The summed E-state index contributed by atoms with van der Waals surface area (Å²) in [6.07, 6.45) is 1.64. The molecule has 0 saturated carbocycles. The number of carbonyl (C=O) groups is 1. The van der Waals surface area contributed by atoms with E-state index in [1.807, 2.05) is 39.0 Å². The number of amides is 1. The summed E-state index contributed by atoms with van der Waals surface area (Å²) in [4.78, 5) is 11.7. The number of aryl methyl sites for hydroxylation is 2. The number of hydrogen-bond acceptors (Lipinski definition) is 2. The van der Waals surface area contributed by atoms with Crippen LogP contribution >= 0.6 is 0 Å². The average molecular weight is 220 g/mol. The molecule has 16 heavy (non-hydrogen) atoms. The molecule has 0 aliphatic rings. The van der Waals surface area contributed by atoms with Crippen molar-refractivity contribution in [2.75, 3.05) is 5.32 Å². The first-order valence-corrected chi connectivity index (χ1v) is 5.68. The predicted octanol–water partition coefficient (Wildman–Crippen LogP) is 2.37. The maximum atomic E-state index is 11.7. The van der Waals surface area contributed by atoms with Crippen LogP contribution < -0.4 is 11.1 Å². The SMILES string of the molecule is CCC[C@H](N)C(=O)Nc1ccc(C)cc1C. The van der Waals surface area contributed by atoms with Gasteiger partial charge in [0.15, 0.2) is 0 Å². The van der Waals surface area contributed by atoms with Gasteiger partial charge in [0.1, 0.15) is 0 Å². The van der Waals surface area contributed by atoms with Crippen LogP contribution in [0.25, 0.3) is 0 Å². The first-order valence-electron chi connectivity index (χ1n) is 5.68. The molecule has 3 N–H and O–H groups in total. The van der Waals surface area contributed by atoms with Gasteiger partial charge < -0.3 is 11.1 Å². The molecule has 0 aromatic heterocycles. The molecule has 0 aliphatic carbocycles. The lowest BCUT2D eigenvalue weighted by molar-refractivity contribution is -0.117. The van der Waals surface area contributed by atoms with E-state index in [2.05, 4.69) is 5.32 Å². The lowest BCUT2D eigenvalue weighted by Gasteiger charge is -2.13. The fourth-order valence-corrected chi connectivity index (χ4v) is 1.62. The Balaban J connectivity index is 2.69. The second-order valence-corrected chi connectivity index (χ2v) is 4.20. The summed E-state index contributed by atoms with van der Waals surface area (Å²) in [6.45, 7) is 6.03. The van der Waals surface area contributed by atoms with Crippen LogP contribution in [0.4, 0.5) is 5.69 Å². The van der Waals surface area contributed by atoms with Crippen molar-refractivity contribution in [3.63, 3.8) is 0 Å². The molecule has 3 nitrogen and oxygen atoms in total. The second-order valence-electron chi connectivity index (χ2n) is 4.20. The van der Waals surface area contributed by atoms with Crippen molar-refractivity contribution in [1.82, 2.24) is 0 Å². The maximum absolute atomic E-state index is 11.7. The first kappa shape index (κ1) is 12.7. The molecule has 1 amide bonds. The minimum absolute atomic E-state index is 0.103. The highest BCUT2D eigenvalue weighted by Crippen LogP contribution is 2.16. The van der Waals surface area contributed by atoms with E-state index in [0.29, 0.717) is 0 Å². The van der Waals surface area contributed by atoms with Crippen molar-refractivity contribution >= 4 is 11.6 Å². The number of benzene rings is 1. The monoisotopic (exact) mass is 220 g/mol. The summed E-state index contributed by atoms with van der Waals surface area (Å²) >= 11 is 0. The first-order chi connectivity index (χ1) is 7.54. The van der Waals surface area contributed by atoms with Gasteiger partial charge in [0.25, 0.3) is 0 Å². The summed E-state index contributed by atoms with van der Waals surface area (Å²) in [6, 6.07) is 5.53. The topological polar surface area (TPSA) is 55.1 Å². The molecule has 0 aliphatic heterocycles. The fourth-order valence-electron chi connectivity index (χ4n) is 1.62. The molecule has 0 unspecified atom stereocenters. The molecule has 3 heteroatoms. The molecule has 1 aromatic rings. The van der Waals surface area contributed by atoms with Gasteiger partial charge in [-0.05, 0) is 31.9 Å². The quantitative estimate of drug-likeness (QED) is 0.818. The number of nitrogens with two attached hydrogens (primary N) is 1. The Morgan fingerprint density at radius 2 is 2.12 bits per heavy atom. The van der Waals surface area contributed by atoms with Gasteiger partial charge in [0, 0.05) is 5.69 Å². The summed E-state index contributed by atoms with van der Waals surface area (Å²) in [5.74, 6) is -0.103. The van der Waals surface area contributed by atoms with Crippen molar-refractivity contribution in [3.05, 3.63) is 29.3 Å². The molecule has 88 valence electrons. The normalized spacial score (nSPS) is 12.2. The van der Waals surface area contributed by atoms with Crippen LogP contribution in [0.15, 0.2) is 18.2 Å². The summed E-state index contributed by atoms with van der Waals surface area (Å²) < 4.78 is 0. The van der Waals surface area contributed by atoms with E-state index in [1.54, 1.807) is 0 Å². The van der Waals surface area contributed by atoms with Crippen molar-refractivity contribution in [3.8, 4) is 0 Å². The Labute approximate surface area is 97.0 Å². The van der Waals surface area contributed by atoms with Crippen molar-refractivity contribution in [2.24, 2.45) is 5.73 Å². The van der Waals surface area contributed by atoms with Crippen molar-refractivity contribution < 1.29 is 4.79 Å². The standard InChI is InChI=1S/C13H20N2O/c1-4-5-11(14)13(16)15-12-7-6-9(2)8-10(12)3/h6-8,11H,4-5,14H2,1-3H3,(H,15,16)/t11-/m0/s1.